The van der Waals surface area contributed by atoms with Crippen LogP contribution in [0.4, 0.5) is 0 Å². The van der Waals surface area contributed by atoms with Gasteiger partial charge in [0.05, 0.1) is 6.10 Å². The summed E-state index contributed by atoms with van der Waals surface area (Å²) in [7, 11) is 0. The molecule has 0 aromatic heterocycles. The summed E-state index contributed by atoms with van der Waals surface area (Å²) in [6.07, 6.45) is 1.65. The van der Waals surface area contributed by atoms with Gasteiger partial charge in [0, 0.05) is 11.4 Å². The lowest BCUT2D eigenvalue weighted by atomic mass is 10.0. The van der Waals surface area contributed by atoms with Crippen molar-refractivity contribution in [3.8, 4) is 0 Å². The number of aliphatic hydroxyl groups excluding tert-OH is 1. The van der Waals surface area contributed by atoms with Gasteiger partial charge in [-0.2, -0.15) is 0 Å². The molecule has 1 N–H and O–H groups in total. The molecule has 0 saturated carbocycles. The van der Waals surface area contributed by atoms with Crippen molar-refractivity contribution in [3.63, 3.8) is 0 Å². The molecule has 0 aliphatic heterocycles. The Morgan fingerprint density at radius 1 is 0.941 bits per heavy atom. The Morgan fingerprint density at radius 2 is 1.41 bits per heavy atom. The molecule has 1 radical (unpaired) electrons. The highest BCUT2D eigenvalue weighted by molar-refractivity contribution is 6.30. The highest BCUT2D eigenvalue weighted by Gasteiger charge is 2.01. The van der Waals surface area contributed by atoms with Crippen LogP contribution in [0.1, 0.15) is 29.7 Å². The second-order valence-electron chi connectivity index (χ2n) is 4.04. The maximum atomic E-state index is 9.41. The Labute approximate surface area is 107 Å². The van der Waals surface area contributed by atoms with Gasteiger partial charge in [0.15, 0.2) is 0 Å². The second kappa shape index (κ2) is 5.35. The van der Waals surface area contributed by atoms with Crippen molar-refractivity contribution in [3.05, 3.63) is 76.7 Å². The van der Waals surface area contributed by atoms with Crippen LogP contribution in [0.3, 0.4) is 0 Å². The highest BCUT2D eigenvalue weighted by atomic mass is 35.5. The molecule has 1 nitrogen and oxygen atoms in total. The van der Waals surface area contributed by atoms with Crippen molar-refractivity contribution in [2.45, 2.75) is 13.0 Å². The van der Waals surface area contributed by atoms with Crippen LogP contribution in [0, 0.1) is 6.42 Å². The van der Waals surface area contributed by atoms with Gasteiger partial charge in [-0.3, -0.25) is 0 Å². The van der Waals surface area contributed by atoms with Crippen molar-refractivity contribution in [2.24, 2.45) is 0 Å². The Kier molecular flexibility index (Phi) is 3.82. The van der Waals surface area contributed by atoms with Crippen molar-refractivity contribution in [2.75, 3.05) is 0 Å². The zero-order valence-electron chi connectivity index (χ0n) is 9.60. The smallest absolute Gasteiger partial charge is 0.0761 e. The van der Waals surface area contributed by atoms with Crippen LogP contribution in [0.15, 0.2) is 48.5 Å². The first-order valence-corrected chi connectivity index (χ1v) is 5.91. The molecule has 2 rings (SSSR count). The molecular weight excluding hydrogens is 232 g/mol. The van der Waals surface area contributed by atoms with Gasteiger partial charge in [-0.15, -0.1) is 0 Å². The zero-order chi connectivity index (χ0) is 12.3. The van der Waals surface area contributed by atoms with E-state index in [0.29, 0.717) is 0 Å². The van der Waals surface area contributed by atoms with Crippen LogP contribution in [-0.2, 0) is 0 Å². The molecule has 2 aromatic rings. The molecule has 0 bridgehead atoms. The molecule has 17 heavy (non-hydrogen) atoms. The minimum Gasteiger partial charge on any atom is -0.389 e. The third-order valence-electron chi connectivity index (χ3n) is 2.62. The molecular formula is C15H14ClO. The summed E-state index contributed by atoms with van der Waals surface area (Å²) in [5.41, 5.74) is 3.15. The summed E-state index contributed by atoms with van der Waals surface area (Å²) in [6, 6.07) is 15.6. The number of halogens is 1. The fourth-order valence-electron chi connectivity index (χ4n) is 1.62. The quantitative estimate of drug-likeness (QED) is 0.867. The van der Waals surface area contributed by atoms with Crippen LogP contribution in [0.25, 0.3) is 0 Å². The van der Waals surface area contributed by atoms with Gasteiger partial charge in [-0.1, -0.05) is 48.0 Å². The Morgan fingerprint density at radius 3 is 1.88 bits per heavy atom. The first kappa shape index (κ1) is 12.2. The molecule has 0 spiro atoms. The fraction of sp³-hybridized carbons (Fsp3) is 0.133. The molecule has 2 aromatic carbocycles. The van der Waals surface area contributed by atoms with Crippen LogP contribution < -0.4 is 0 Å². The number of rotatable bonds is 3. The summed E-state index contributed by atoms with van der Waals surface area (Å²) in [6.45, 7) is 1.76. The van der Waals surface area contributed by atoms with E-state index in [2.05, 4.69) is 6.42 Å². The maximum Gasteiger partial charge on any atom is 0.0761 e. The molecule has 0 saturated heterocycles. The van der Waals surface area contributed by atoms with E-state index in [-0.39, 0.29) is 0 Å². The summed E-state index contributed by atoms with van der Waals surface area (Å²) in [5.74, 6) is 0. The molecule has 87 valence electrons. The van der Waals surface area contributed by atoms with Crippen molar-refractivity contribution < 1.29 is 5.11 Å². The normalized spacial score (nSPS) is 12.4. The first-order valence-electron chi connectivity index (χ1n) is 5.53. The molecule has 1 unspecified atom stereocenters. The lowest BCUT2D eigenvalue weighted by Crippen LogP contribution is -1.91. The van der Waals surface area contributed by atoms with E-state index in [1.54, 1.807) is 6.92 Å². The number of aliphatic hydroxyl groups is 1. The predicted octanol–water partition coefficient (Wildman–Crippen LogP) is 3.99. The Bertz CT molecular complexity index is 471. The fourth-order valence-corrected chi connectivity index (χ4v) is 1.75. The number of hydrogen-bond donors (Lipinski definition) is 1. The van der Waals surface area contributed by atoms with E-state index in [9.17, 15) is 5.11 Å². The second-order valence-corrected chi connectivity index (χ2v) is 4.47. The molecule has 0 amide bonds. The summed E-state index contributed by atoms with van der Waals surface area (Å²) in [4.78, 5) is 0. The van der Waals surface area contributed by atoms with E-state index in [1.165, 1.54) is 0 Å². The van der Waals surface area contributed by atoms with E-state index >= 15 is 0 Å². The predicted molar refractivity (Wildman–Crippen MR) is 71.0 cm³/mol. The van der Waals surface area contributed by atoms with Gasteiger partial charge in [-0.05, 0) is 35.7 Å². The molecule has 0 fully saturated rings. The van der Waals surface area contributed by atoms with Crippen LogP contribution in [-0.4, -0.2) is 5.11 Å². The number of benzene rings is 2. The van der Waals surface area contributed by atoms with Gasteiger partial charge in [0.25, 0.3) is 0 Å². The summed E-state index contributed by atoms with van der Waals surface area (Å²) < 4.78 is 0. The van der Waals surface area contributed by atoms with Gasteiger partial charge >= 0.3 is 0 Å². The topological polar surface area (TPSA) is 20.2 Å². The van der Waals surface area contributed by atoms with Crippen molar-refractivity contribution >= 4 is 11.6 Å². The summed E-state index contributed by atoms with van der Waals surface area (Å²) in [5, 5.41) is 10.2. The van der Waals surface area contributed by atoms with E-state index in [4.69, 9.17) is 11.6 Å². The average Bonchev–Trinajstić information content (AvgIpc) is 2.33. The summed E-state index contributed by atoms with van der Waals surface area (Å²) >= 11 is 5.83. The lowest BCUT2D eigenvalue weighted by molar-refractivity contribution is 0.199. The third kappa shape index (κ3) is 3.32. The zero-order valence-corrected chi connectivity index (χ0v) is 10.4. The average molecular weight is 246 g/mol. The van der Waals surface area contributed by atoms with Gasteiger partial charge in [0.2, 0.25) is 0 Å². The monoisotopic (exact) mass is 245 g/mol. The number of hydrogen-bond acceptors (Lipinski definition) is 1. The molecule has 0 heterocycles. The molecule has 0 aliphatic rings. The molecule has 0 aliphatic carbocycles. The van der Waals surface area contributed by atoms with Crippen LogP contribution in [0.2, 0.25) is 5.02 Å². The largest absolute Gasteiger partial charge is 0.389 e. The lowest BCUT2D eigenvalue weighted by Gasteiger charge is -2.06. The van der Waals surface area contributed by atoms with E-state index in [1.807, 2.05) is 48.5 Å². The van der Waals surface area contributed by atoms with Crippen molar-refractivity contribution in [1.29, 1.82) is 0 Å². The van der Waals surface area contributed by atoms with Crippen molar-refractivity contribution in [1.82, 2.24) is 0 Å². The van der Waals surface area contributed by atoms with Gasteiger partial charge < -0.3 is 5.11 Å². The Balaban J connectivity index is 2.11. The SMILES string of the molecule is CC(O)c1ccc([CH]c2ccc(Cl)cc2)cc1. The molecule has 2 heteroatoms. The van der Waals surface area contributed by atoms with Gasteiger partial charge in [-0.25, -0.2) is 0 Å². The van der Waals surface area contributed by atoms with E-state index < -0.39 is 6.10 Å². The van der Waals surface area contributed by atoms with Gasteiger partial charge in [0.1, 0.15) is 0 Å². The minimum atomic E-state index is -0.417. The third-order valence-corrected chi connectivity index (χ3v) is 2.87. The maximum absolute atomic E-state index is 9.41. The standard InChI is InChI=1S/C15H14ClO/c1-11(17)14-6-2-12(3-7-14)10-13-4-8-15(16)9-5-13/h2-11,17H,1H3. The minimum absolute atomic E-state index is 0.417. The van der Waals surface area contributed by atoms with E-state index in [0.717, 1.165) is 21.7 Å². The Hall–Kier alpha value is -1.31. The van der Waals surface area contributed by atoms with Crippen LogP contribution in [0.5, 0.6) is 0 Å². The van der Waals surface area contributed by atoms with Crippen LogP contribution >= 0.6 is 11.6 Å². The molecule has 1 atom stereocenters. The first-order chi connectivity index (χ1) is 8.15. The highest BCUT2D eigenvalue weighted by Crippen LogP contribution is 2.18.